The third-order valence-electron chi connectivity index (χ3n) is 3.85. The SMILES string of the molecule is CNC(CN1C[C@@H](C)O[C@@H](C)C1)c1ccccc1C. The van der Waals surface area contributed by atoms with Crippen LogP contribution in [0.1, 0.15) is 31.0 Å². The van der Waals surface area contributed by atoms with E-state index in [4.69, 9.17) is 4.74 Å². The normalized spacial score (nSPS) is 26.3. The molecular weight excluding hydrogens is 236 g/mol. The monoisotopic (exact) mass is 262 g/mol. The Morgan fingerprint density at radius 2 is 1.89 bits per heavy atom. The highest BCUT2D eigenvalue weighted by molar-refractivity contribution is 5.29. The first kappa shape index (κ1) is 14.5. The van der Waals surface area contributed by atoms with Gasteiger partial charge in [0.25, 0.3) is 0 Å². The van der Waals surface area contributed by atoms with E-state index in [0.29, 0.717) is 18.2 Å². The van der Waals surface area contributed by atoms with Gasteiger partial charge in [-0.3, -0.25) is 4.90 Å². The first-order chi connectivity index (χ1) is 9.10. The Morgan fingerprint density at radius 3 is 2.47 bits per heavy atom. The van der Waals surface area contributed by atoms with Crippen LogP contribution in [0.15, 0.2) is 24.3 Å². The molecule has 1 saturated heterocycles. The highest BCUT2D eigenvalue weighted by atomic mass is 16.5. The maximum Gasteiger partial charge on any atom is 0.0678 e. The van der Waals surface area contributed by atoms with E-state index < -0.39 is 0 Å². The van der Waals surface area contributed by atoms with Gasteiger partial charge in [0.1, 0.15) is 0 Å². The fourth-order valence-corrected chi connectivity index (χ4v) is 3.01. The second-order valence-electron chi connectivity index (χ2n) is 5.67. The van der Waals surface area contributed by atoms with Gasteiger partial charge in [-0.2, -0.15) is 0 Å². The summed E-state index contributed by atoms with van der Waals surface area (Å²) in [5, 5.41) is 3.45. The topological polar surface area (TPSA) is 24.5 Å². The molecule has 0 radical (unpaired) electrons. The van der Waals surface area contributed by atoms with Gasteiger partial charge < -0.3 is 10.1 Å². The molecule has 1 aromatic carbocycles. The first-order valence-corrected chi connectivity index (χ1v) is 7.20. The number of hydrogen-bond acceptors (Lipinski definition) is 3. The van der Waals surface area contributed by atoms with Crippen molar-refractivity contribution in [3.8, 4) is 0 Å². The summed E-state index contributed by atoms with van der Waals surface area (Å²) in [7, 11) is 2.05. The van der Waals surface area contributed by atoms with Crippen molar-refractivity contribution in [3.63, 3.8) is 0 Å². The zero-order valence-corrected chi connectivity index (χ0v) is 12.5. The van der Waals surface area contributed by atoms with Gasteiger partial charge in [0.05, 0.1) is 12.2 Å². The summed E-state index contributed by atoms with van der Waals surface area (Å²) in [4.78, 5) is 2.51. The number of rotatable bonds is 4. The summed E-state index contributed by atoms with van der Waals surface area (Å²) in [5.74, 6) is 0. The Morgan fingerprint density at radius 1 is 1.26 bits per heavy atom. The van der Waals surface area contributed by atoms with Crippen molar-refractivity contribution in [2.75, 3.05) is 26.7 Å². The lowest BCUT2D eigenvalue weighted by atomic mass is 10.0. The Labute approximate surface area is 116 Å². The molecule has 0 aliphatic carbocycles. The third-order valence-corrected chi connectivity index (χ3v) is 3.85. The van der Waals surface area contributed by atoms with Crippen LogP contribution in [0.25, 0.3) is 0 Å². The Kier molecular flexibility index (Phi) is 4.97. The molecule has 3 atom stereocenters. The predicted molar refractivity (Wildman–Crippen MR) is 79.4 cm³/mol. The Balaban J connectivity index is 2.05. The van der Waals surface area contributed by atoms with E-state index in [1.165, 1.54) is 11.1 Å². The van der Waals surface area contributed by atoms with Crippen LogP contribution in [-0.4, -0.2) is 43.8 Å². The minimum atomic E-state index is 0.332. The number of nitrogens with zero attached hydrogens (tertiary/aromatic N) is 1. The van der Waals surface area contributed by atoms with E-state index >= 15 is 0 Å². The molecular formula is C16H26N2O. The van der Waals surface area contributed by atoms with Crippen LogP contribution in [0.3, 0.4) is 0 Å². The highest BCUT2D eigenvalue weighted by Gasteiger charge is 2.24. The van der Waals surface area contributed by atoms with Crippen molar-refractivity contribution in [2.45, 2.75) is 39.0 Å². The van der Waals surface area contributed by atoms with E-state index in [9.17, 15) is 0 Å². The summed E-state index contributed by atoms with van der Waals surface area (Å²) in [6.45, 7) is 9.59. The van der Waals surface area contributed by atoms with Gasteiger partial charge in [-0.25, -0.2) is 0 Å². The lowest BCUT2D eigenvalue weighted by molar-refractivity contribution is -0.0698. The fourth-order valence-electron chi connectivity index (χ4n) is 3.01. The van der Waals surface area contributed by atoms with Crippen LogP contribution >= 0.6 is 0 Å². The number of ether oxygens (including phenoxy) is 1. The summed E-state index contributed by atoms with van der Waals surface area (Å²) in [6.07, 6.45) is 0.663. The standard InChI is InChI=1S/C16H26N2O/c1-12-7-5-6-8-15(12)16(17-4)11-18-9-13(2)19-14(3)10-18/h5-8,13-14,16-17H,9-11H2,1-4H3/t13-,14+,16?. The summed E-state index contributed by atoms with van der Waals surface area (Å²) in [6, 6.07) is 9.02. The van der Waals surface area contributed by atoms with Gasteiger partial charge in [0.2, 0.25) is 0 Å². The molecule has 19 heavy (non-hydrogen) atoms. The zero-order valence-electron chi connectivity index (χ0n) is 12.5. The lowest BCUT2D eigenvalue weighted by Crippen LogP contribution is -2.48. The molecule has 1 fully saturated rings. The Hall–Kier alpha value is -0.900. The van der Waals surface area contributed by atoms with Crippen molar-refractivity contribution >= 4 is 0 Å². The average Bonchev–Trinajstić information content (AvgIpc) is 2.36. The molecule has 1 aliphatic heterocycles. The Bertz CT molecular complexity index is 397. The van der Waals surface area contributed by atoms with Crippen LogP contribution in [0.4, 0.5) is 0 Å². The average molecular weight is 262 g/mol. The van der Waals surface area contributed by atoms with Gasteiger partial charge in [0.15, 0.2) is 0 Å². The summed E-state index contributed by atoms with van der Waals surface area (Å²) >= 11 is 0. The van der Waals surface area contributed by atoms with E-state index in [0.717, 1.165) is 19.6 Å². The second kappa shape index (κ2) is 6.51. The van der Waals surface area contributed by atoms with Gasteiger partial charge >= 0.3 is 0 Å². The minimum absolute atomic E-state index is 0.332. The number of likely N-dealkylation sites (N-methyl/N-ethyl adjacent to an activating group) is 1. The van der Waals surface area contributed by atoms with Crippen molar-refractivity contribution in [1.82, 2.24) is 10.2 Å². The van der Waals surface area contributed by atoms with E-state index in [1.807, 2.05) is 7.05 Å². The number of aryl methyl sites for hydroxylation is 1. The predicted octanol–water partition coefficient (Wildman–Crippen LogP) is 2.36. The van der Waals surface area contributed by atoms with Crippen LogP contribution in [0, 0.1) is 6.92 Å². The van der Waals surface area contributed by atoms with Crippen LogP contribution < -0.4 is 5.32 Å². The fraction of sp³-hybridized carbons (Fsp3) is 0.625. The quantitative estimate of drug-likeness (QED) is 0.901. The van der Waals surface area contributed by atoms with Crippen molar-refractivity contribution in [3.05, 3.63) is 35.4 Å². The molecule has 1 N–H and O–H groups in total. The zero-order chi connectivity index (χ0) is 13.8. The molecule has 0 saturated carbocycles. The molecule has 106 valence electrons. The van der Waals surface area contributed by atoms with Crippen molar-refractivity contribution < 1.29 is 4.74 Å². The van der Waals surface area contributed by atoms with Gasteiger partial charge in [-0.15, -0.1) is 0 Å². The largest absolute Gasteiger partial charge is 0.373 e. The lowest BCUT2D eigenvalue weighted by Gasteiger charge is -2.37. The van der Waals surface area contributed by atoms with Gasteiger partial charge in [-0.1, -0.05) is 24.3 Å². The van der Waals surface area contributed by atoms with E-state index in [2.05, 4.69) is 55.3 Å². The molecule has 1 aliphatic rings. The molecule has 0 amide bonds. The molecule has 2 rings (SSSR count). The molecule has 0 spiro atoms. The smallest absolute Gasteiger partial charge is 0.0678 e. The summed E-state index contributed by atoms with van der Waals surface area (Å²) < 4.78 is 5.80. The molecule has 0 bridgehead atoms. The minimum Gasteiger partial charge on any atom is -0.373 e. The molecule has 1 aromatic rings. The number of morpholine rings is 1. The van der Waals surface area contributed by atoms with Crippen LogP contribution in [-0.2, 0) is 4.74 Å². The third kappa shape index (κ3) is 3.78. The maximum absolute atomic E-state index is 5.80. The van der Waals surface area contributed by atoms with Gasteiger partial charge in [-0.05, 0) is 38.9 Å². The van der Waals surface area contributed by atoms with E-state index in [-0.39, 0.29) is 0 Å². The first-order valence-electron chi connectivity index (χ1n) is 7.20. The molecule has 1 heterocycles. The van der Waals surface area contributed by atoms with Gasteiger partial charge in [0, 0.05) is 25.7 Å². The summed E-state index contributed by atoms with van der Waals surface area (Å²) in [5.41, 5.74) is 2.76. The molecule has 1 unspecified atom stereocenters. The van der Waals surface area contributed by atoms with E-state index in [1.54, 1.807) is 0 Å². The van der Waals surface area contributed by atoms with Crippen molar-refractivity contribution in [1.29, 1.82) is 0 Å². The molecule has 3 nitrogen and oxygen atoms in total. The maximum atomic E-state index is 5.80. The number of hydrogen-bond donors (Lipinski definition) is 1. The molecule has 3 heteroatoms. The molecule has 0 aromatic heterocycles. The number of nitrogens with one attached hydrogen (secondary N) is 1. The van der Waals surface area contributed by atoms with Crippen LogP contribution in [0.2, 0.25) is 0 Å². The number of benzene rings is 1. The van der Waals surface area contributed by atoms with Crippen molar-refractivity contribution in [2.24, 2.45) is 0 Å². The highest BCUT2D eigenvalue weighted by Crippen LogP contribution is 2.20. The van der Waals surface area contributed by atoms with Crippen LogP contribution in [0.5, 0.6) is 0 Å². The second-order valence-corrected chi connectivity index (χ2v) is 5.67.